The van der Waals surface area contributed by atoms with Crippen molar-refractivity contribution in [3.8, 4) is 0 Å². The molecule has 1 aromatic heterocycles. The minimum absolute atomic E-state index is 0.00257. The normalized spacial score (nSPS) is 13.8. The zero-order valence-corrected chi connectivity index (χ0v) is 13.7. The Balaban J connectivity index is 2.78. The summed E-state index contributed by atoms with van der Waals surface area (Å²) in [4.78, 5) is 28.0. The molecule has 118 valence electrons. The highest BCUT2D eigenvalue weighted by molar-refractivity contribution is 7.10. The van der Waals surface area contributed by atoms with Crippen molar-refractivity contribution >= 4 is 23.3 Å². The first-order chi connectivity index (χ1) is 9.86. The van der Waals surface area contributed by atoms with Gasteiger partial charge in [-0.05, 0) is 39.4 Å². The Morgan fingerprint density at radius 2 is 2.10 bits per heavy atom. The maximum Gasteiger partial charge on any atom is 0.331 e. The summed E-state index contributed by atoms with van der Waals surface area (Å²) in [5.74, 6) is -1.05. The van der Waals surface area contributed by atoms with Crippen LogP contribution < -0.4 is 5.32 Å². The van der Waals surface area contributed by atoms with Gasteiger partial charge in [-0.2, -0.15) is 0 Å². The van der Waals surface area contributed by atoms with E-state index in [1.807, 2.05) is 32.8 Å². The van der Waals surface area contributed by atoms with Gasteiger partial charge in [0, 0.05) is 24.0 Å². The van der Waals surface area contributed by atoms with Gasteiger partial charge >= 0.3 is 12.0 Å². The molecule has 0 fully saturated rings. The molecule has 2 atom stereocenters. The van der Waals surface area contributed by atoms with E-state index in [1.54, 1.807) is 22.4 Å². The van der Waals surface area contributed by atoms with Crippen molar-refractivity contribution in [1.29, 1.82) is 0 Å². The molecule has 2 amide bonds. The average molecular weight is 313 g/mol. The first kappa shape index (κ1) is 17.5. The van der Waals surface area contributed by atoms with E-state index in [9.17, 15) is 14.7 Å². The van der Waals surface area contributed by atoms with Crippen LogP contribution in [0.1, 0.15) is 24.8 Å². The van der Waals surface area contributed by atoms with Crippen molar-refractivity contribution < 1.29 is 14.7 Å². The van der Waals surface area contributed by atoms with E-state index in [1.165, 1.54) is 11.3 Å². The van der Waals surface area contributed by atoms with Gasteiger partial charge in [0.25, 0.3) is 0 Å². The van der Waals surface area contributed by atoms with E-state index in [4.69, 9.17) is 0 Å². The maximum atomic E-state index is 12.3. The van der Waals surface area contributed by atoms with Crippen LogP contribution in [0.2, 0.25) is 0 Å². The predicted molar refractivity (Wildman–Crippen MR) is 83.6 cm³/mol. The molecule has 1 aromatic rings. The topological polar surface area (TPSA) is 72.9 Å². The first-order valence-corrected chi connectivity index (χ1v) is 7.72. The van der Waals surface area contributed by atoms with Crippen LogP contribution in [-0.2, 0) is 4.79 Å². The summed E-state index contributed by atoms with van der Waals surface area (Å²) in [6.07, 6.45) is 0. The molecule has 0 aliphatic carbocycles. The molecule has 0 spiro atoms. The fraction of sp³-hybridized carbons (Fsp3) is 0.571. The third-order valence-corrected chi connectivity index (χ3v) is 4.04. The number of thiophene rings is 1. The third kappa shape index (κ3) is 5.02. The molecule has 7 heteroatoms. The van der Waals surface area contributed by atoms with Crippen LogP contribution in [0.25, 0.3) is 0 Å². The number of likely N-dealkylation sites (N-methyl/N-ethyl adjacent to an activating group) is 2. The highest BCUT2D eigenvalue weighted by Gasteiger charge is 2.27. The van der Waals surface area contributed by atoms with Crippen molar-refractivity contribution in [3.63, 3.8) is 0 Å². The van der Waals surface area contributed by atoms with Gasteiger partial charge < -0.3 is 20.2 Å². The van der Waals surface area contributed by atoms with Crippen LogP contribution >= 0.6 is 11.3 Å². The second-order valence-electron chi connectivity index (χ2n) is 5.13. The van der Waals surface area contributed by atoms with Gasteiger partial charge in [-0.3, -0.25) is 0 Å². The van der Waals surface area contributed by atoms with Crippen molar-refractivity contribution in [1.82, 2.24) is 15.1 Å². The SMILES string of the molecule is CCN(C(=O)NC(C(=O)O)c1cccs1)C(C)CN(C)C. The lowest BCUT2D eigenvalue weighted by Crippen LogP contribution is -2.50. The van der Waals surface area contributed by atoms with E-state index in [2.05, 4.69) is 5.32 Å². The highest BCUT2D eigenvalue weighted by Crippen LogP contribution is 2.19. The summed E-state index contributed by atoms with van der Waals surface area (Å²) in [6.45, 7) is 5.08. The van der Waals surface area contributed by atoms with Crippen LogP contribution in [0, 0.1) is 0 Å². The van der Waals surface area contributed by atoms with Crippen LogP contribution in [0.15, 0.2) is 17.5 Å². The average Bonchev–Trinajstić information content (AvgIpc) is 2.88. The molecular weight excluding hydrogens is 290 g/mol. The lowest BCUT2D eigenvalue weighted by Gasteiger charge is -2.31. The molecule has 1 heterocycles. The molecule has 21 heavy (non-hydrogen) atoms. The van der Waals surface area contributed by atoms with E-state index in [0.29, 0.717) is 11.4 Å². The molecule has 0 saturated heterocycles. The van der Waals surface area contributed by atoms with Gasteiger partial charge in [0.2, 0.25) is 0 Å². The van der Waals surface area contributed by atoms with Crippen LogP contribution in [-0.4, -0.2) is 60.1 Å². The minimum Gasteiger partial charge on any atom is -0.479 e. The first-order valence-electron chi connectivity index (χ1n) is 6.84. The monoisotopic (exact) mass is 313 g/mol. The van der Waals surface area contributed by atoms with Crippen LogP contribution in [0.3, 0.4) is 0 Å². The van der Waals surface area contributed by atoms with Crippen LogP contribution in [0.5, 0.6) is 0 Å². The fourth-order valence-corrected chi connectivity index (χ4v) is 2.97. The summed E-state index contributed by atoms with van der Waals surface area (Å²) in [6, 6.07) is 2.13. The van der Waals surface area contributed by atoms with E-state index in [-0.39, 0.29) is 12.1 Å². The molecule has 0 bridgehead atoms. The number of urea groups is 1. The zero-order valence-electron chi connectivity index (χ0n) is 12.9. The maximum absolute atomic E-state index is 12.3. The van der Waals surface area contributed by atoms with Crippen molar-refractivity contribution in [2.24, 2.45) is 0 Å². The lowest BCUT2D eigenvalue weighted by molar-refractivity contribution is -0.139. The Morgan fingerprint density at radius 1 is 1.43 bits per heavy atom. The molecule has 6 nitrogen and oxygen atoms in total. The van der Waals surface area contributed by atoms with Crippen molar-refractivity contribution in [2.75, 3.05) is 27.2 Å². The van der Waals surface area contributed by atoms with Gasteiger partial charge in [0.05, 0.1) is 0 Å². The highest BCUT2D eigenvalue weighted by atomic mass is 32.1. The fourth-order valence-electron chi connectivity index (χ4n) is 2.20. The number of amides is 2. The summed E-state index contributed by atoms with van der Waals surface area (Å²) in [5, 5.41) is 13.7. The van der Waals surface area contributed by atoms with Gasteiger partial charge in [-0.1, -0.05) is 6.07 Å². The molecule has 0 aliphatic heterocycles. The van der Waals surface area contributed by atoms with E-state index in [0.717, 1.165) is 6.54 Å². The van der Waals surface area contributed by atoms with Crippen molar-refractivity contribution in [2.45, 2.75) is 25.9 Å². The second-order valence-corrected chi connectivity index (χ2v) is 6.11. The molecule has 0 radical (unpaired) electrons. The number of hydrogen-bond donors (Lipinski definition) is 2. The molecule has 0 saturated carbocycles. The van der Waals surface area contributed by atoms with Gasteiger partial charge in [-0.25, -0.2) is 9.59 Å². The number of nitrogens with zero attached hydrogens (tertiary/aromatic N) is 2. The molecule has 0 aliphatic rings. The number of aliphatic carboxylic acids is 1. The standard InChI is InChI=1S/C14H23N3O3S/c1-5-17(10(2)9-16(3)4)14(20)15-12(13(18)19)11-7-6-8-21-11/h6-8,10,12H,5,9H2,1-4H3,(H,15,20)(H,18,19). The van der Waals surface area contributed by atoms with Gasteiger partial charge in [-0.15, -0.1) is 11.3 Å². The summed E-state index contributed by atoms with van der Waals surface area (Å²) in [5.41, 5.74) is 0. The van der Waals surface area contributed by atoms with Crippen LogP contribution in [0.4, 0.5) is 4.79 Å². The third-order valence-electron chi connectivity index (χ3n) is 3.11. The summed E-state index contributed by atoms with van der Waals surface area (Å²) >= 11 is 1.32. The molecule has 1 rings (SSSR count). The Labute approximate surface area is 129 Å². The Kier molecular flexibility index (Phi) is 6.64. The number of carboxylic acids is 1. The molecule has 2 N–H and O–H groups in total. The Morgan fingerprint density at radius 3 is 2.52 bits per heavy atom. The second kappa shape index (κ2) is 7.99. The minimum atomic E-state index is -1.05. The largest absolute Gasteiger partial charge is 0.479 e. The number of carbonyl (C=O) groups is 2. The predicted octanol–water partition coefficient (Wildman–Crippen LogP) is 1.86. The molecular formula is C14H23N3O3S. The number of carboxylic acid groups (broad SMARTS) is 1. The number of hydrogen-bond acceptors (Lipinski definition) is 4. The van der Waals surface area contributed by atoms with Crippen molar-refractivity contribution in [3.05, 3.63) is 22.4 Å². The molecule has 0 aromatic carbocycles. The van der Waals surface area contributed by atoms with Gasteiger partial charge in [0.1, 0.15) is 0 Å². The Hall–Kier alpha value is -1.60. The number of rotatable bonds is 7. The quantitative estimate of drug-likeness (QED) is 0.806. The summed E-state index contributed by atoms with van der Waals surface area (Å²) < 4.78 is 0. The Bertz CT molecular complexity index is 462. The lowest BCUT2D eigenvalue weighted by atomic mass is 10.2. The van der Waals surface area contributed by atoms with Gasteiger partial charge in [0.15, 0.2) is 6.04 Å². The number of carbonyl (C=O) groups excluding carboxylic acids is 1. The smallest absolute Gasteiger partial charge is 0.331 e. The zero-order chi connectivity index (χ0) is 16.0. The molecule has 2 unspecified atom stereocenters. The summed E-state index contributed by atoms with van der Waals surface area (Å²) in [7, 11) is 3.88. The van der Waals surface area contributed by atoms with E-state index < -0.39 is 12.0 Å². The number of nitrogens with one attached hydrogen (secondary N) is 1. The van der Waals surface area contributed by atoms with E-state index >= 15 is 0 Å².